The van der Waals surface area contributed by atoms with E-state index in [9.17, 15) is 9.59 Å². The second kappa shape index (κ2) is 5.52. The van der Waals surface area contributed by atoms with Crippen LogP contribution in [0, 0.1) is 6.92 Å². The number of nitrogens with one attached hydrogen (secondary N) is 1. The molecule has 1 amide bonds. The molecule has 1 aliphatic carbocycles. The average molecular weight is 354 g/mol. The van der Waals surface area contributed by atoms with E-state index in [1.54, 1.807) is 16.3 Å². The Balaban J connectivity index is 1.48. The maximum absolute atomic E-state index is 13.1. The molecule has 5 rings (SSSR count). The number of hydrogen-bond acceptors (Lipinski definition) is 6. The van der Waals surface area contributed by atoms with Crippen LogP contribution in [0.3, 0.4) is 0 Å². The first kappa shape index (κ1) is 15.3. The molecule has 1 saturated carbocycles. The van der Waals surface area contributed by atoms with Gasteiger partial charge in [0.05, 0.1) is 11.3 Å². The Morgan fingerprint density at radius 1 is 1.35 bits per heavy atom. The SMILES string of the molecule is Cc1c(C(=O)N2CCC[C@H]2c2nc(C3CC3)no2)cnc2cc(=O)[nH]n12. The molecule has 2 aliphatic rings. The smallest absolute Gasteiger partial charge is 0.266 e. The number of nitrogens with zero attached hydrogens (tertiary/aromatic N) is 5. The van der Waals surface area contributed by atoms with Gasteiger partial charge < -0.3 is 9.42 Å². The number of aromatic amines is 1. The summed E-state index contributed by atoms with van der Waals surface area (Å²) in [7, 11) is 0. The molecule has 0 unspecified atom stereocenters. The van der Waals surface area contributed by atoms with Gasteiger partial charge in [-0.05, 0) is 32.6 Å². The topological polar surface area (TPSA) is 109 Å². The molecule has 0 spiro atoms. The predicted octanol–water partition coefficient (Wildman–Crippen LogP) is 1.57. The van der Waals surface area contributed by atoms with Gasteiger partial charge in [-0.25, -0.2) is 9.50 Å². The Labute approximate surface area is 148 Å². The Bertz CT molecular complexity index is 1060. The zero-order valence-electron chi connectivity index (χ0n) is 14.3. The van der Waals surface area contributed by atoms with Crippen LogP contribution in [0.4, 0.5) is 0 Å². The van der Waals surface area contributed by atoms with E-state index < -0.39 is 0 Å². The Morgan fingerprint density at radius 3 is 3.00 bits per heavy atom. The molecule has 3 aromatic heterocycles. The molecule has 134 valence electrons. The van der Waals surface area contributed by atoms with E-state index in [0.29, 0.717) is 35.3 Å². The van der Waals surface area contributed by atoms with Gasteiger partial charge in [-0.1, -0.05) is 5.16 Å². The molecule has 3 aromatic rings. The minimum Gasteiger partial charge on any atom is -0.337 e. The fourth-order valence-electron chi connectivity index (χ4n) is 3.60. The summed E-state index contributed by atoms with van der Waals surface area (Å²) in [5.41, 5.74) is 1.35. The highest BCUT2D eigenvalue weighted by Crippen LogP contribution is 2.40. The lowest BCUT2D eigenvalue weighted by Crippen LogP contribution is -2.32. The van der Waals surface area contributed by atoms with Crippen molar-refractivity contribution in [1.82, 2.24) is 29.6 Å². The van der Waals surface area contributed by atoms with Crippen molar-refractivity contribution in [1.29, 1.82) is 0 Å². The van der Waals surface area contributed by atoms with Crippen LogP contribution in [0.25, 0.3) is 5.65 Å². The summed E-state index contributed by atoms with van der Waals surface area (Å²) in [5.74, 6) is 1.54. The van der Waals surface area contributed by atoms with Gasteiger partial charge >= 0.3 is 0 Å². The number of aromatic nitrogens is 5. The van der Waals surface area contributed by atoms with Crippen molar-refractivity contribution in [3.05, 3.63) is 45.6 Å². The van der Waals surface area contributed by atoms with Crippen LogP contribution in [0.2, 0.25) is 0 Å². The molecule has 9 heteroatoms. The van der Waals surface area contributed by atoms with Crippen molar-refractivity contribution < 1.29 is 9.32 Å². The minimum atomic E-state index is -0.247. The molecule has 2 fully saturated rings. The van der Waals surface area contributed by atoms with Crippen LogP contribution in [-0.2, 0) is 0 Å². The first-order valence-electron chi connectivity index (χ1n) is 8.83. The number of carbonyl (C=O) groups excluding carboxylic acids is 1. The fraction of sp³-hybridized carbons (Fsp3) is 0.471. The number of rotatable bonds is 3. The largest absolute Gasteiger partial charge is 0.337 e. The van der Waals surface area contributed by atoms with Crippen LogP contribution in [0.5, 0.6) is 0 Å². The fourth-order valence-corrected chi connectivity index (χ4v) is 3.60. The number of carbonyl (C=O) groups is 1. The quantitative estimate of drug-likeness (QED) is 0.764. The van der Waals surface area contributed by atoms with Gasteiger partial charge in [0.2, 0.25) is 5.89 Å². The average Bonchev–Trinajstić information content (AvgIpc) is 3.04. The van der Waals surface area contributed by atoms with E-state index in [-0.39, 0.29) is 17.5 Å². The van der Waals surface area contributed by atoms with E-state index in [1.807, 2.05) is 0 Å². The number of hydrogen-bond donors (Lipinski definition) is 1. The molecule has 1 aliphatic heterocycles. The zero-order chi connectivity index (χ0) is 17.8. The van der Waals surface area contributed by atoms with Gasteiger partial charge in [-0.2, -0.15) is 4.98 Å². The van der Waals surface area contributed by atoms with Crippen molar-refractivity contribution in [2.45, 2.75) is 44.6 Å². The Morgan fingerprint density at radius 2 is 2.19 bits per heavy atom. The molecule has 0 bridgehead atoms. The van der Waals surface area contributed by atoms with Crippen molar-refractivity contribution >= 4 is 11.6 Å². The van der Waals surface area contributed by atoms with Crippen molar-refractivity contribution in [2.24, 2.45) is 0 Å². The van der Waals surface area contributed by atoms with E-state index in [2.05, 4.69) is 20.2 Å². The molecule has 9 nitrogen and oxygen atoms in total. The Kier molecular flexibility index (Phi) is 3.25. The lowest BCUT2D eigenvalue weighted by molar-refractivity contribution is 0.0708. The van der Waals surface area contributed by atoms with Crippen LogP contribution < -0.4 is 5.56 Å². The summed E-state index contributed by atoms with van der Waals surface area (Å²) < 4.78 is 6.99. The van der Waals surface area contributed by atoms with E-state index in [0.717, 1.165) is 31.5 Å². The van der Waals surface area contributed by atoms with E-state index >= 15 is 0 Å². The monoisotopic (exact) mass is 354 g/mol. The van der Waals surface area contributed by atoms with Gasteiger partial charge in [-0.3, -0.25) is 14.7 Å². The second-order valence-corrected chi connectivity index (χ2v) is 6.99. The summed E-state index contributed by atoms with van der Waals surface area (Å²) in [6.45, 7) is 2.42. The van der Waals surface area contributed by atoms with Crippen LogP contribution in [0.1, 0.15) is 65.4 Å². The van der Waals surface area contributed by atoms with Gasteiger partial charge in [0.25, 0.3) is 11.5 Å². The molecule has 1 saturated heterocycles. The van der Waals surface area contributed by atoms with Crippen molar-refractivity contribution in [3.63, 3.8) is 0 Å². The van der Waals surface area contributed by atoms with Gasteiger partial charge in [0, 0.05) is 24.7 Å². The van der Waals surface area contributed by atoms with Crippen molar-refractivity contribution in [2.75, 3.05) is 6.54 Å². The van der Waals surface area contributed by atoms with Gasteiger partial charge in [0.15, 0.2) is 11.5 Å². The first-order valence-corrected chi connectivity index (χ1v) is 8.83. The summed E-state index contributed by atoms with van der Waals surface area (Å²) in [6, 6.07) is 1.19. The molecule has 4 heterocycles. The number of amides is 1. The lowest BCUT2D eigenvalue weighted by atomic mass is 10.1. The highest BCUT2D eigenvalue weighted by molar-refractivity contribution is 5.95. The zero-order valence-corrected chi connectivity index (χ0v) is 14.3. The molecule has 0 radical (unpaired) electrons. The maximum atomic E-state index is 13.1. The summed E-state index contributed by atoms with van der Waals surface area (Å²) in [5, 5.41) is 6.74. The highest BCUT2D eigenvalue weighted by atomic mass is 16.5. The molecule has 1 atom stereocenters. The molecular weight excluding hydrogens is 336 g/mol. The van der Waals surface area contributed by atoms with Crippen LogP contribution in [-0.4, -0.2) is 42.1 Å². The molecule has 26 heavy (non-hydrogen) atoms. The second-order valence-electron chi connectivity index (χ2n) is 6.99. The normalized spacial score (nSPS) is 20.2. The standard InChI is InChI=1S/C17H18N6O3/c1-9-11(8-18-13-7-14(24)20-23(9)13)17(25)22-6-2-3-12(22)16-19-15(21-26-16)10-4-5-10/h7-8,10,12H,2-6H2,1H3,(H,20,24)/t12-/m0/s1. The molecular formula is C17H18N6O3. The predicted molar refractivity (Wildman–Crippen MR) is 89.8 cm³/mol. The minimum absolute atomic E-state index is 0.139. The van der Waals surface area contributed by atoms with Crippen LogP contribution in [0.15, 0.2) is 21.6 Å². The number of likely N-dealkylation sites (tertiary alicyclic amines) is 1. The summed E-state index contributed by atoms with van der Waals surface area (Å²) in [4.78, 5) is 35.2. The first-order chi connectivity index (χ1) is 12.6. The van der Waals surface area contributed by atoms with Gasteiger partial charge in [-0.15, -0.1) is 0 Å². The molecule has 1 N–H and O–H groups in total. The summed E-state index contributed by atoms with van der Waals surface area (Å²) in [6.07, 6.45) is 5.41. The summed E-state index contributed by atoms with van der Waals surface area (Å²) >= 11 is 0. The number of aryl methyl sites for hydroxylation is 1. The van der Waals surface area contributed by atoms with Crippen molar-refractivity contribution in [3.8, 4) is 0 Å². The van der Waals surface area contributed by atoms with Crippen LogP contribution >= 0.6 is 0 Å². The van der Waals surface area contributed by atoms with Gasteiger partial charge in [0.1, 0.15) is 6.04 Å². The number of H-pyrrole nitrogens is 1. The lowest BCUT2D eigenvalue weighted by Gasteiger charge is -2.22. The Hall–Kier alpha value is -2.97. The third-order valence-electron chi connectivity index (χ3n) is 5.19. The maximum Gasteiger partial charge on any atom is 0.266 e. The highest BCUT2D eigenvalue weighted by Gasteiger charge is 2.37. The number of fused-ring (bicyclic) bond motifs is 1. The molecule has 0 aromatic carbocycles. The van der Waals surface area contributed by atoms with E-state index in [1.165, 1.54) is 12.3 Å². The third kappa shape index (κ3) is 2.34. The third-order valence-corrected chi connectivity index (χ3v) is 5.19. The van der Waals surface area contributed by atoms with E-state index in [4.69, 9.17) is 4.52 Å².